The minimum Gasteiger partial charge on any atom is -0.462 e. The van der Waals surface area contributed by atoms with E-state index in [4.69, 9.17) is 13.6 Å². The Morgan fingerprint density at radius 1 is 1.37 bits per heavy atom. The van der Waals surface area contributed by atoms with Gasteiger partial charge in [0.1, 0.15) is 12.2 Å². The molecule has 0 bridgehead atoms. The molecule has 5 nitrogen and oxygen atoms in total. The lowest BCUT2D eigenvalue weighted by Crippen LogP contribution is -2.43. The van der Waals surface area contributed by atoms with Crippen molar-refractivity contribution in [2.75, 3.05) is 0 Å². The molecule has 30 heavy (non-hydrogen) atoms. The molecule has 0 aromatic heterocycles. The molecule has 1 fully saturated rings. The van der Waals surface area contributed by atoms with E-state index in [-0.39, 0.29) is 48.6 Å². The van der Waals surface area contributed by atoms with Crippen LogP contribution in [0, 0.1) is 29.1 Å². The fraction of sp³-hybridized carbons (Fsp3) is 0.760. The van der Waals surface area contributed by atoms with Gasteiger partial charge in [0.2, 0.25) is 0 Å². The zero-order valence-electron chi connectivity index (χ0n) is 21.6. The van der Waals surface area contributed by atoms with Gasteiger partial charge in [0, 0.05) is 16.5 Å². The predicted octanol–water partition coefficient (Wildman–Crippen LogP) is 4.59. The second kappa shape index (κ2) is 9.25. The zero-order chi connectivity index (χ0) is 24.6. The van der Waals surface area contributed by atoms with Crippen molar-refractivity contribution in [1.29, 1.82) is 0 Å². The highest BCUT2D eigenvalue weighted by atomic mass is 16.6. The summed E-state index contributed by atoms with van der Waals surface area (Å²) in [4.78, 5) is 24.9. The fourth-order valence-electron chi connectivity index (χ4n) is 5.05. The molecule has 0 radical (unpaired) electrons. The van der Waals surface area contributed by atoms with E-state index < -0.39 is 30.4 Å². The summed E-state index contributed by atoms with van der Waals surface area (Å²) in [6, 6.07) is 0. The second-order valence-corrected chi connectivity index (χ2v) is 9.70. The molecule has 0 aromatic carbocycles. The zero-order valence-corrected chi connectivity index (χ0v) is 18.6. The maximum absolute atomic E-state index is 13.2. The molecule has 0 unspecified atom stereocenters. The molecule has 3 aliphatic rings. The van der Waals surface area contributed by atoms with Crippen molar-refractivity contribution >= 4 is 11.9 Å². The van der Waals surface area contributed by atoms with Gasteiger partial charge in [-0.3, -0.25) is 9.59 Å². The van der Waals surface area contributed by atoms with Crippen molar-refractivity contribution in [3.63, 3.8) is 0 Å². The SMILES string of the molecule is [2H]C([2H])([2H])[C@@](C)(CC)C(=O)O[C@H]1C[C@@H](C)C=C2C=C[C@H](C)[C@H](CC[C@@H]3C[C@@H](O)CC(=O)O3)[C@H]21. The third-order valence-corrected chi connectivity index (χ3v) is 7.07. The molecular weight excluding hydrogens is 380 g/mol. The summed E-state index contributed by atoms with van der Waals surface area (Å²) in [6.07, 6.45) is 7.82. The van der Waals surface area contributed by atoms with Crippen LogP contribution in [0.25, 0.3) is 0 Å². The normalized spacial score (nSPS) is 40.0. The van der Waals surface area contributed by atoms with Gasteiger partial charge in [-0.1, -0.05) is 39.0 Å². The van der Waals surface area contributed by atoms with Crippen LogP contribution in [0.1, 0.15) is 77.2 Å². The van der Waals surface area contributed by atoms with Crippen LogP contribution in [0.4, 0.5) is 0 Å². The first-order chi connectivity index (χ1) is 15.4. The summed E-state index contributed by atoms with van der Waals surface area (Å²) in [5.41, 5.74) is -0.419. The van der Waals surface area contributed by atoms with Crippen LogP contribution in [0.2, 0.25) is 0 Å². The van der Waals surface area contributed by atoms with E-state index in [1.807, 2.05) is 0 Å². The Bertz CT molecular complexity index is 804. The standard InChI is InChI=1S/C25H38O5/c1-6-25(4,5)24(28)30-21-12-15(2)11-17-8-7-16(3)20(23(17)21)10-9-19-13-18(26)14-22(27)29-19/h7-8,11,15-16,18-21,23,26H,6,9-10,12-14H2,1-5H3/t15-,16-,18+,19+,20-,21-,23-/m0/s1/i4D3/t15-,16-,18+,19+,20-,21-,23-,25+. The van der Waals surface area contributed by atoms with Crippen LogP contribution in [0.3, 0.4) is 0 Å². The number of aliphatic hydroxyl groups excluding tert-OH is 1. The van der Waals surface area contributed by atoms with E-state index >= 15 is 0 Å². The molecule has 1 saturated heterocycles. The summed E-state index contributed by atoms with van der Waals surface area (Å²) in [5.74, 6) is -0.461. The van der Waals surface area contributed by atoms with Gasteiger partial charge in [0.25, 0.3) is 0 Å². The number of hydrogen-bond acceptors (Lipinski definition) is 5. The van der Waals surface area contributed by atoms with E-state index in [1.165, 1.54) is 6.92 Å². The Hall–Kier alpha value is -1.62. The average Bonchev–Trinajstić information content (AvgIpc) is 2.70. The minimum atomic E-state index is -2.44. The summed E-state index contributed by atoms with van der Waals surface area (Å²) in [7, 11) is 0. The van der Waals surface area contributed by atoms with E-state index in [1.54, 1.807) is 6.92 Å². The molecule has 8 atom stereocenters. The first kappa shape index (κ1) is 19.1. The molecule has 1 aliphatic heterocycles. The Morgan fingerprint density at radius 2 is 2.13 bits per heavy atom. The number of rotatable bonds is 6. The van der Waals surface area contributed by atoms with Gasteiger partial charge in [-0.25, -0.2) is 0 Å². The lowest BCUT2D eigenvalue weighted by molar-refractivity contribution is -0.166. The van der Waals surface area contributed by atoms with Crippen molar-refractivity contribution in [1.82, 2.24) is 0 Å². The van der Waals surface area contributed by atoms with Crippen LogP contribution in [0.5, 0.6) is 0 Å². The van der Waals surface area contributed by atoms with Gasteiger partial charge in [0.05, 0.1) is 17.9 Å². The number of carbonyl (C=O) groups excluding carboxylic acids is 2. The largest absolute Gasteiger partial charge is 0.462 e. The number of carbonyl (C=O) groups is 2. The molecule has 3 rings (SSSR count). The van der Waals surface area contributed by atoms with Gasteiger partial charge in [0.15, 0.2) is 0 Å². The highest BCUT2D eigenvalue weighted by molar-refractivity contribution is 5.76. The van der Waals surface area contributed by atoms with Crippen molar-refractivity contribution in [3.8, 4) is 0 Å². The lowest BCUT2D eigenvalue weighted by Gasteiger charge is -2.44. The topological polar surface area (TPSA) is 72.8 Å². The molecule has 5 heteroatoms. The monoisotopic (exact) mass is 421 g/mol. The number of fused-ring (bicyclic) bond motifs is 1. The number of aliphatic hydroxyl groups is 1. The number of cyclic esters (lactones) is 1. The molecular formula is C25H38O5. The number of allylic oxidation sites excluding steroid dienone is 3. The first-order valence-electron chi connectivity index (χ1n) is 12.8. The van der Waals surface area contributed by atoms with Crippen LogP contribution in [-0.4, -0.2) is 35.4 Å². The van der Waals surface area contributed by atoms with E-state index in [2.05, 4.69) is 32.1 Å². The smallest absolute Gasteiger partial charge is 0.311 e. The molecule has 1 heterocycles. The van der Waals surface area contributed by atoms with Gasteiger partial charge in [-0.15, -0.1) is 0 Å². The molecule has 0 aromatic rings. The van der Waals surface area contributed by atoms with Crippen LogP contribution in [-0.2, 0) is 19.1 Å². The lowest BCUT2D eigenvalue weighted by atomic mass is 9.65. The molecule has 1 N–H and O–H groups in total. The van der Waals surface area contributed by atoms with Crippen molar-refractivity contribution < 1.29 is 28.3 Å². The van der Waals surface area contributed by atoms with Crippen LogP contribution >= 0.6 is 0 Å². The summed E-state index contributed by atoms with van der Waals surface area (Å²) in [5, 5.41) is 9.94. The predicted molar refractivity (Wildman–Crippen MR) is 115 cm³/mol. The fourth-order valence-corrected chi connectivity index (χ4v) is 5.05. The summed E-state index contributed by atoms with van der Waals surface area (Å²) >= 11 is 0. The van der Waals surface area contributed by atoms with Gasteiger partial charge in [-0.2, -0.15) is 0 Å². The molecule has 0 amide bonds. The third-order valence-electron chi connectivity index (χ3n) is 7.07. The maximum Gasteiger partial charge on any atom is 0.311 e. The Morgan fingerprint density at radius 3 is 2.80 bits per heavy atom. The van der Waals surface area contributed by atoms with E-state index in [0.717, 1.165) is 12.0 Å². The van der Waals surface area contributed by atoms with E-state index in [0.29, 0.717) is 19.3 Å². The molecule has 168 valence electrons. The second-order valence-electron chi connectivity index (χ2n) is 9.70. The van der Waals surface area contributed by atoms with Gasteiger partial charge >= 0.3 is 11.9 Å². The number of esters is 2. The Labute approximate surface area is 185 Å². The van der Waals surface area contributed by atoms with Crippen LogP contribution in [0.15, 0.2) is 23.8 Å². The van der Waals surface area contributed by atoms with Crippen molar-refractivity contribution in [3.05, 3.63) is 23.8 Å². The summed E-state index contributed by atoms with van der Waals surface area (Å²) in [6.45, 7) is 4.94. The maximum atomic E-state index is 13.2. The average molecular weight is 422 g/mol. The third kappa shape index (κ3) is 5.16. The highest BCUT2D eigenvalue weighted by Gasteiger charge is 2.43. The first-order valence-corrected chi connectivity index (χ1v) is 11.3. The molecule has 2 aliphatic carbocycles. The number of ether oxygens (including phenoxy) is 2. The quantitative estimate of drug-likeness (QED) is 0.635. The van der Waals surface area contributed by atoms with Gasteiger partial charge in [-0.05, 0) is 62.8 Å². The Kier molecular flexibility index (Phi) is 5.89. The highest BCUT2D eigenvalue weighted by Crippen LogP contribution is 2.45. The summed E-state index contributed by atoms with van der Waals surface area (Å²) < 4.78 is 35.1. The van der Waals surface area contributed by atoms with Crippen molar-refractivity contribution in [2.45, 2.75) is 91.4 Å². The molecule has 0 spiro atoms. The Balaban J connectivity index is 1.80. The number of hydrogen-bond donors (Lipinski definition) is 1. The van der Waals surface area contributed by atoms with Gasteiger partial charge < -0.3 is 14.6 Å². The minimum absolute atomic E-state index is 0.0351. The van der Waals surface area contributed by atoms with Crippen molar-refractivity contribution in [2.24, 2.45) is 29.1 Å². The van der Waals surface area contributed by atoms with Crippen LogP contribution < -0.4 is 0 Å². The van der Waals surface area contributed by atoms with E-state index in [9.17, 15) is 14.7 Å². The molecule has 0 saturated carbocycles.